The Labute approximate surface area is 117 Å². The van der Waals surface area contributed by atoms with Gasteiger partial charge >= 0.3 is 0 Å². The lowest BCUT2D eigenvalue weighted by Crippen LogP contribution is -2.43. The number of benzene rings is 1. The Balaban J connectivity index is 1.63. The molecule has 2 heteroatoms. The summed E-state index contributed by atoms with van der Waals surface area (Å²) in [5, 5.41) is 3.69. The molecule has 0 bridgehead atoms. The van der Waals surface area contributed by atoms with E-state index in [4.69, 9.17) is 0 Å². The third-order valence-corrected chi connectivity index (χ3v) is 4.79. The van der Waals surface area contributed by atoms with Crippen LogP contribution in [-0.2, 0) is 13.0 Å². The van der Waals surface area contributed by atoms with Gasteiger partial charge in [-0.05, 0) is 56.3 Å². The molecule has 2 aliphatic heterocycles. The zero-order valence-electron chi connectivity index (χ0n) is 12.1. The third kappa shape index (κ3) is 3.01. The number of aryl methyl sites for hydroxylation is 1. The van der Waals surface area contributed by atoms with Crippen molar-refractivity contribution in [1.29, 1.82) is 0 Å². The molecule has 2 aliphatic rings. The number of likely N-dealkylation sites (tertiary alicyclic amines) is 1. The Bertz CT molecular complexity index is 392. The number of nitrogens with zero attached hydrogens (tertiary/aromatic N) is 1. The van der Waals surface area contributed by atoms with E-state index in [1.165, 1.54) is 49.9 Å². The number of rotatable bonds is 4. The first kappa shape index (κ1) is 13.1. The Hall–Kier alpha value is -0.860. The van der Waals surface area contributed by atoms with E-state index in [1.54, 1.807) is 0 Å². The lowest BCUT2D eigenvalue weighted by molar-refractivity contribution is 0.206. The zero-order chi connectivity index (χ0) is 13.1. The summed E-state index contributed by atoms with van der Waals surface area (Å²) in [6.07, 6.45) is 6.62. The maximum Gasteiger partial charge on any atom is 0.0253 e. The Morgan fingerprint density at radius 3 is 2.58 bits per heavy atom. The summed E-state index contributed by atoms with van der Waals surface area (Å²) in [4.78, 5) is 2.70. The van der Waals surface area contributed by atoms with Crippen LogP contribution in [0.2, 0.25) is 0 Å². The van der Waals surface area contributed by atoms with Gasteiger partial charge in [-0.1, -0.05) is 31.2 Å². The van der Waals surface area contributed by atoms with Crippen LogP contribution in [0.5, 0.6) is 0 Å². The van der Waals surface area contributed by atoms with E-state index < -0.39 is 0 Å². The highest BCUT2D eigenvalue weighted by Gasteiger charge is 2.32. The van der Waals surface area contributed by atoms with Crippen molar-refractivity contribution in [2.24, 2.45) is 0 Å². The predicted molar refractivity (Wildman–Crippen MR) is 80.3 cm³/mol. The minimum absolute atomic E-state index is 0.748. The van der Waals surface area contributed by atoms with E-state index in [0.717, 1.165) is 25.0 Å². The standard InChI is InChI=1S/C17H26N2/c1-2-14-7-9-15(10-8-14)13-19-12-4-6-17(19)16-5-3-11-18-16/h7-10,16-18H,2-6,11-13H2,1H3. The van der Waals surface area contributed by atoms with Crippen LogP contribution < -0.4 is 5.32 Å². The van der Waals surface area contributed by atoms with Gasteiger partial charge in [-0.15, -0.1) is 0 Å². The van der Waals surface area contributed by atoms with Gasteiger partial charge in [0.2, 0.25) is 0 Å². The van der Waals surface area contributed by atoms with E-state index in [-0.39, 0.29) is 0 Å². The van der Waals surface area contributed by atoms with Crippen LogP contribution in [0.1, 0.15) is 43.7 Å². The molecule has 3 rings (SSSR count). The van der Waals surface area contributed by atoms with E-state index in [2.05, 4.69) is 41.4 Å². The van der Waals surface area contributed by atoms with Crippen molar-refractivity contribution in [3.05, 3.63) is 35.4 Å². The smallest absolute Gasteiger partial charge is 0.0253 e. The fraction of sp³-hybridized carbons (Fsp3) is 0.647. The topological polar surface area (TPSA) is 15.3 Å². The molecule has 2 heterocycles. The van der Waals surface area contributed by atoms with Crippen molar-refractivity contribution in [3.63, 3.8) is 0 Å². The summed E-state index contributed by atoms with van der Waals surface area (Å²) in [6.45, 7) is 5.85. The first-order chi connectivity index (χ1) is 9.36. The highest BCUT2D eigenvalue weighted by Crippen LogP contribution is 2.26. The van der Waals surface area contributed by atoms with Crippen molar-refractivity contribution >= 4 is 0 Å². The normalized spacial score (nSPS) is 28.1. The number of hydrogen-bond acceptors (Lipinski definition) is 2. The van der Waals surface area contributed by atoms with Gasteiger partial charge in [-0.2, -0.15) is 0 Å². The largest absolute Gasteiger partial charge is 0.312 e. The maximum absolute atomic E-state index is 3.69. The predicted octanol–water partition coefficient (Wildman–Crippen LogP) is 2.97. The third-order valence-electron chi connectivity index (χ3n) is 4.79. The molecule has 1 N–H and O–H groups in total. The van der Waals surface area contributed by atoms with Gasteiger partial charge in [-0.25, -0.2) is 0 Å². The SMILES string of the molecule is CCc1ccc(CN2CCCC2C2CCCN2)cc1. The minimum atomic E-state index is 0.748. The zero-order valence-corrected chi connectivity index (χ0v) is 12.1. The second kappa shape index (κ2) is 6.06. The molecule has 1 aromatic carbocycles. The molecule has 0 amide bonds. The van der Waals surface area contributed by atoms with Crippen LogP contribution in [0.3, 0.4) is 0 Å². The Morgan fingerprint density at radius 1 is 1.11 bits per heavy atom. The van der Waals surface area contributed by atoms with Gasteiger partial charge in [-0.3, -0.25) is 4.90 Å². The van der Waals surface area contributed by atoms with Crippen molar-refractivity contribution in [2.45, 2.75) is 57.7 Å². The number of hydrogen-bond donors (Lipinski definition) is 1. The van der Waals surface area contributed by atoms with Crippen LogP contribution in [-0.4, -0.2) is 30.1 Å². The van der Waals surface area contributed by atoms with E-state index >= 15 is 0 Å². The molecule has 2 atom stereocenters. The first-order valence-corrected chi connectivity index (χ1v) is 7.92. The summed E-state index contributed by atoms with van der Waals surface area (Å²) >= 11 is 0. The molecular formula is C17H26N2. The molecule has 2 nitrogen and oxygen atoms in total. The lowest BCUT2D eigenvalue weighted by Gasteiger charge is -2.29. The molecule has 1 aromatic rings. The molecule has 2 saturated heterocycles. The van der Waals surface area contributed by atoms with Crippen molar-refractivity contribution in [1.82, 2.24) is 10.2 Å². The molecule has 19 heavy (non-hydrogen) atoms. The summed E-state index contributed by atoms with van der Waals surface area (Å²) in [5.41, 5.74) is 2.92. The average Bonchev–Trinajstić information content (AvgIpc) is 3.10. The average molecular weight is 258 g/mol. The van der Waals surface area contributed by atoms with Crippen LogP contribution in [0.4, 0.5) is 0 Å². The van der Waals surface area contributed by atoms with Gasteiger partial charge in [0.05, 0.1) is 0 Å². The van der Waals surface area contributed by atoms with Gasteiger partial charge in [0.1, 0.15) is 0 Å². The summed E-state index contributed by atoms with van der Waals surface area (Å²) in [7, 11) is 0. The summed E-state index contributed by atoms with van der Waals surface area (Å²) in [5.74, 6) is 0. The molecule has 0 radical (unpaired) electrons. The quantitative estimate of drug-likeness (QED) is 0.893. The minimum Gasteiger partial charge on any atom is -0.312 e. The number of nitrogens with one attached hydrogen (secondary N) is 1. The van der Waals surface area contributed by atoms with Crippen LogP contribution in [0.15, 0.2) is 24.3 Å². The molecule has 2 fully saturated rings. The van der Waals surface area contributed by atoms with Crippen LogP contribution in [0.25, 0.3) is 0 Å². The second-order valence-electron chi connectivity index (χ2n) is 6.05. The molecule has 2 unspecified atom stereocenters. The second-order valence-corrected chi connectivity index (χ2v) is 6.05. The molecule has 0 aromatic heterocycles. The molecule has 104 valence electrons. The van der Waals surface area contributed by atoms with Gasteiger partial charge in [0, 0.05) is 18.6 Å². The molecular weight excluding hydrogens is 232 g/mol. The summed E-state index contributed by atoms with van der Waals surface area (Å²) in [6, 6.07) is 10.7. The fourth-order valence-electron chi connectivity index (χ4n) is 3.66. The van der Waals surface area contributed by atoms with Crippen LogP contribution >= 0.6 is 0 Å². The van der Waals surface area contributed by atoms with Gasteiger partial charge in [0.15, 0.2) is 0 Å². The first-order valence-electron chi connectivity index (χ1n) is 7.92. The molecule has 0 aliphatic carbocycles. The molecule has 0 spiro atoms. The van der Waals surface area contributed by atoms with Crippen molar-refractivity contribution < 1.29 is 0 Å². The van der Waals surface area contributed by atoms with Crippen molar-refractivity contribution in [2.75, 3.05) is 13.1 Å². The van der Waals surface area contributed by atoms with Gasteiger partial charge in [0.25, 0.3) is 0 Å². The van der Waals surface area contributed by atoms with Crippen LogP contribution in [0, 0.1) is 0 Å². The van der Waals surface area contributed by atoms with E-state index in [9.17, 15) is 0 Å². The molecule has 0 saturated carbocycles. The van der Waals surface area contributed by atoms with E-state index in [0.29, 0.717) is 0 Å². The maximum atomic E-state index is 3.69. The Morgan fingerprint density at radius 2 is 1.89 bits per heavy atom. The van der Waals surface area contributed by atoms with Crippen molar-refractivity contribution in [3.8, 4) is 0 Å². The van der Waals surface area contributed by atoms with E-state index in [1.807, 2.05) is 0 Å². The monoisotopic (exact) mass is 258 g/mol. The van der Waals surface area contributed by atoms with Gasteiger partial charge < -0.3 is 5.32 Å². The summed E-state index contributed by atoms with van der Waals surface area (Å²) < 4.78 is 0. The highest BCUT2D eigenvalue weighted by atomic mass is 15.2. The lowest BCUT2D eigenvalue weighted by atomic mass is 10.0. The Kier molecular flexibility index (Phi) is 4.19. The highest BCUT2D eigenvalue weighted by molar-refractivity contribution is 5.22. The fourth-order valence-corrected chi connectivity index (χ4v) is 3.66.